The van der Waals surface area contributed by atoms with E-state index in [4.69, 9.17) is 5.73 Å². The summed E-state index contributed by atoms with van der Waals surface area (Å²) in [5.41, 5.74) is 8.88. The standard InChI is InChI=1S/C16H17NO/c1-12-7-9-14(10-8-12)16(18)15(17)11-13-5-3-2-4-6-13/h2-10,15H,11,17H2,1H3. The van der Waals surface area contributed by atoms with Crippen LogP contribution in [0.25, 0.3) is 0 Å². The average Bonchev–Trinajstić information content (AvgIpc) is 2.40. The van der Waals surface area contributed by atoms with Gasteiger partial charge in [-0.1, -0.05) is 60.2 Å². The Balaban J connectivity index is 2.07. The number of hydrogen-bond donors (Lipinski definition) is 1. The molecule has 0 saturated heterocycles. The Kier molecular flexibility index (Phi) is 3.90. The highest BCUT2D eigenvalue weighted by Crippen LogP contribution is 2.09. The topological polar surface area (TPSA) is 43.1 Å². The SMILES string of the molecule is Cc1ccc(C(=O)C(N)Cc2ccccc2)cc1. The maximum atomic E-state index is 12.1. The van der Waals surface area contributed by atoms with Gasteiger partial charge >= 0.3 is 0 Å². The fraction of sp³-hybridized carbons (Fsp3) is 0.188. The van der Waals surface area contributed by atoms with Crippen molar-refractivity contribution in [3.8, 4) is 0 Å². The van der Waals surface area contributed by atoms with Crippen molar-refractivity contribution in [2.24, 2.45) is 5.73 Å². The van der Waals surface area contributed by atoms with E-state index in [9.17, 15) is 4.79 Å². The van der Waals surface area contributed by atoms with E-state index >= 15 is 0 Å². The van der Waals surface area contributed by atoms with Gasteiger partial charge in [0.05, 0.1) is 6.04 Å². The van der Waals surface area contributed by atoms with Gasteiger partial charge in [-0.3, -0.25) is 4.79 Å². The number of aryl methyl sites for hydroxylation is 1. The van der Waals surface area contributed by atoms with Crippen molar-refractivity contribution in [2.75, 3.05) is 0 Å². The third kappa shape index (κ3) is 3.05. The molecule has 2 heteroatoms. The first kappa shape index (κ1) is 12.5. The van der Waals surface area contributed by atoms with E-state index in [-0.39, 0.29) is 5.78 Å². The zero-order chi connectivity index (χ0) is 13.0. The normalized spacial score (nSPS) is 12.1. The maximum absolute atomic E-state index is 12.1. The predicted molar refractivity (Wildman–Crippen MR) is 73.6 cm³/mol. The molecule has 0 bridgehead atoms. The van der Waals surface area contributed by atoms with Crippen molar-refractivity contribution in [3.05, 3.63) is 71.3 Å². The molecule has 92 valence electrons. The molecule has 0 spiro atoms. The van der Waals surface area contributed by atoms with Crippen LogP contribution < -0.4 is 5.73 Å². The number of carbonyl (C=O) groups excluding carboxylic acids is 1. The lowest BCUT2D eigenvalue weighted by Gasteiger charge is -2.10. The monoisotopic (exact) mass is 239 g/mol. The molecule has 2 nitrogen and oxygen atoms in total. The molecule has 0 aliphatic rings. The highest BCUT2D eigenvalue weighted by Gasteiger charge is 2.15. The zero-order valence-corrected chi connectivity index (χ0v) is 10.5. The lowest BCUT2D eigenvalue weighted by molar-refractivity contribution is 0.0961. The molecule has 0 radical (unpaired) electrons. The van der Waals surface area contributed by atoms with Gasteiger partial charge in [-0.2, -0.15) is 0 Å². The fourth-order valence-corrected chi connectivity index (χ4v) is 1.89. The van der Waals surface area contributed by atoms with E-state index in [2.05, 4.69) is 0 Å². The molecule has 18 heavy (non-hydrogen) atoms. The number of nitrogens with two attached hydrogens (primary N) is 1. The summed E-state index contributed by atoms with van der Waals surface area (Å²) in [4.78, 5) is 12.1. The van der Waals surface area contributed by atoms with Gasteiger partial charge in [-0.15, -0.1) is 0 Å². The van der Waals surface area contributed by atoms with Crippen molar-refractivity contribution < 1.29 is 4.79 Å². The number of Topliss-reactive ketones (excluding diaryl/α,β-unsaturated/α-hetero) is 1. The largest absolute Gasteiger partial charge is 0.321 e. The van der Waals surface area contributed by atoms with Gasteiger partial charge in [0.1, 0.15) is 0 Å². The summed E-state index contributed by atoms with van der Waals surface area (Å²) >= 11 is 0. The second-order valence-corrected chi connectivity index (χ2v) is 4.53. The van der Waals surface area contributed by atoms with E-state index < -0.39 is 6.04 Å². The van der Waals surface area contributed by atoms with Crippen LogP contribution in [0.3, 0.4) is 0 Å². The summed E-state index contributed by atoms with van der Waals surface area (Å²) in [5, 5.41) is 0. The van der Waals surface area contributed by atoms with Crippen LogP contribution in [-0.4, -0.2) is 11.8 Å². The highest BCUT2D eigenvalue weighted by molar-refractivity contribution is 6.00. The Morgan fingerprint density at radius 1 is 1.06 bits per heavy atom. The minimum atomic E-state index is -0.477. The van der Waals surface area contributed by atoms with Crippen LogP contribution in [0.4, 0.5) is 0 Å². The lowest BCUT2D eigenvalue weighted by Crippen LogP contribution is -2.32. The van der Waals surface area contributed by atoms with Crippen molar-refractivity contribution >= 4 is 5.78 Å². The smallest absolute Gasteiger partial charge is 0.179 e. The Bertz CT molecular complexity index is 517. The average molecular weight is 239 g/mol. The van der Waals surface area contributed by atoms with E-state index in [0.717, 1.165) is 11.1 Å². The first-order valence-electron chi connectivity index (χ1n) is 6.07. The van der Waals surface area contributed by atoms with Crippen molar-refractivity contribution in [3.63, 3.8) is 0 Å². The summed E-state index contributed by atoms with van der Waals surface area (Å²) in [6, 6.07) is 16.9. The highest BCUT2D eigenvalue weighted by atomic mass is 16.1. The summed E-state index contributed by atoms with van der Waals surface area (Å²) in [6.07, 6.45) is 0.577. The maximum Gasteiger partial charge on any atom is 0.179 e. The number of hydrogen-bond acceptors (Lipinski definition) is 2. The molecule has 0 aliphatic carbocycles. The van der Waals surface area contributed by atoms with Crippen LogP contribution in [0.15, 0.2) is 54.6 Å². The minimum absolute atomic E-state index is 0.00106. The van der Waals surface area contributed by atoms with Crippen molar-refractivity contribution in [1.82, 2.24) is 0 Å². The molecule has 0 fully saturated rings. The minimum Gasteiger partial charge on any atom is -0.321 e. The molecule has 0 aromatic heterocycles. The molecule has 2 N–H and O–H groups in total. The van der Waals surface area contributed by atoms with Crippen molar-refractivity contribution in [1.29, 1.82) is 0 Å². The molecule has 2 aromatic carbocycles. The van der Waals surface area contributed by atoms with Crippen molar-refractivity contribution in [2.45, 2.75) is 19.4 Å². The fourth-order valence-electron chi connectivity index (χ4n) is 1.89. The van der Waals surface area contributed by atoms with E-state index in [1.54, 1.807) is 0 Å². The van der Waals surface area contributed by atoms with Crippen LogP contribution in [0.1, 0.15) is 21.5 Å². The van der Waals surface area contributed by atoms with Gasteiger partial charge in [-0.05, 0) is 18.9 Å². The molecule has 1 atom stereocenters. The molecular formula is C16H17NO. The van der Waals surface area contributed by atoms with Gasteiger partial charge in [0.2, 0.25) is 0 Å². The quantitative estimate of drug-likeness (QED) is 0.834. The zero-order valence-electron chi connectivity index (χ0n) is 10.5. The molecule has 0 heterocycles. The number of rotatable bonds is 4. The molecule has 0 aliphatic heterocycles. The van der Waals surface area contributed by atoms with Crippen LogP contribution in [0.5, 0.6) is 0 Å². The summed E-state index contributed by atoms with van der Waals surface area (Å²) in [5.74, 6) is -0.00106. The van der Waals surface area contributed by atoms with E-state index in [1.807, 2.05) is 61.5 Å². The Hall–Kier alpha value is -1.93. The number of benzene rings is 2. The second kappa shape index (κ2) is 5.61. The molecule has 0 saturated carbocycles. The van der Waals surface area contributed by atoms with Gasteiger partial charge in [0.25, 0.3) is 0 Å². The third-order valence-electron chi connectivity index (χ3n) is 2.97. The summed E-state index contributed by atoms with van der Waals surface area (Å²) < 4.78 is 0. The van der Waals surface area contributed by atoms with Crippen LogP contribution >= 0.6 is 0 Å². The molecular weight excluding hydrogens is 222 g/mol. The Morgan fingerprint density at radius 3 is 2.28 bits per heavy atom. The number of ketones is 1. The Morgan fingerprint density at radius 2 is 1.67 bits per heavy atom. The van der Waals surface area contributed by atoms with Gasteiger partial charge < -0.3 is 5.73 Å². The molecule has 1 unspecified atom stereocenters. The summed E-state index contributed by atoms with van der Waals surface area (Å²) in [6.45, 7) is 2.00. The first-order chi connectivity index (χ1) is 8.66. The van der Waals surface area contributed by atoms with E-state index in [0.29, 0.717) is 12.0 Å². The molecule has 2 rings (SSSR count). The van der Waals surface area contributed by atoms with Gasteiger partial charge in [0.15, 0.2) is 5.78 Å². The first-order valence-corrected chi connectivity index (χ1v) is 6.07. The second-order valence-electron chi connectivity index (χ2n) is 4.53. The van der Waals surface area contributed by atoms with E-state index in [1.165, 1.54) is 0 Å². The van der Waals surface area contributed by atoms with Crippen LogP contribution in [-0.2, 0) is 6.42 Å². The van der Waals surface area contributed by atoms with Crippen LogP contribution in [0.2, 0.25) is 0 Å². The molecule has 0 amide bonds. The van der Waals surface area contributed by atoms with Gasteiger partial charge in [0, 0.05) is 5.56 Å². The number of carbonyl (C=O) groups is 1. The predicted octanol–water partition coefficient (Wildman–Crippen LogP) is 2.75. The summed E-state index contributed by atoms with van der Waals surface area (Å²) in [7, 11) is 0. The van der Waals surface area contributed by atoms with Gasteiger partial charge in [-0.25, -0.2) is 0 Å². The molecule has 2 aromatic rings. The third-order valence-corrected chi connectivity index (χ3v) is 2.97. The Labute approximate surface area is 107 Å². The lowest BCUT2D eigenvalue weighted by atomic mass is 9.98. The van der Waals surface area contributed by atoms with Crippen LogP contribution in [0, 0.1) is 6.92 Å².